The summed E-state index contributed by atoms with van der Waals surface area (Å²) in [6.07, 6.45) is 23.6. The number of hydrogen-bond acceptors (Lipinski definition) is 2. The number of allylic oxidation sites excluding steroid dienone is 5. The quantitative estimate of drug-likeness (QED) is 0.249. The van der Waals surface area contributed by atoms with E-state index in [1.165, 1.54) is 38.5 Å². The lowest BCUT2D eigenvalue weighted by molar-refractivity contribution is 0.00718. The Morgan fingerprint density at radius 1 is 0.708 bits per heavy atom. The molecule has 0 aliphatic heterocycles. The summed E-state index contributed by atoms with van der Waals surface area (Å²) in [5.74, 6) is 0. The summed E-state index contributed by atoms with van der Waals surface area (Å²) in [7, 11) is 0. The van der Waals surface area contributed by atoms with Gasteiger partial charge in [0.25, 0.3) is 0 Å². The second-order valence-corrected chi connectivity index (χ2v) is 6.73. The standard InChI is InChI=1S/C22H40O2/c1-3-5-7-8-9-10-11-12-13-14-15-16-18-20-22(24)21(23)19-17-6-4-2/h3,5,7-9,21-24H,1,4,6,10-20H2,2H3. The summed E-state index contributed by atoms with van der Waals surface area (Å²) < 4.78 is 0. The molecule has 0 bridgehead atoms. The lowest BCUT2D eigenvalue weighted by atomic mass is 10.00. The van der Waals surface area contributed by atoms with E-state index in [-0.39, 0.29) is 0 Å². The SMILES string of the molecule is C=CC=CC=CCCCCCCCCCC(O)C(O)CCCCC. The Labute approximate surface area is 150 Å². The highest BCUT2D eigenvalue weighted by molar-refractivity contribution is 5.08. The highest BCUT2D eigenvalue weighted by atomic mass is 16.3. The molecule has 0 spiro atoms. The number of aliphatic hydroxyl groups excluding tert-OH is 2. The zero-order valence-corrected chi connectivity index (χ0v) is 15.8. The minimum absolute atomic E-state index is 0.522. The molecule has 2 heteroatoms. The van der Waals surface area contributed by atoms with Gasteiger partial charge in [-0.1, -0.05) is 102 Å². The molecule has 0 fully saturated rings. The molecular formula is C22H40O2. The van der Waals surface area contributed by atoms with Gasteiger partial charge in [-0.2, -0.15) is 0 Å². The maximum atomic E-state index is 9.93. The van der Waals surface area contributed by atoms with Gasteiger partial charge in [-0.3, -0.25) is 0 Å². The molecule has 0 aliphatic rings. The molecule has 0 aliphatic carbocycles. The third-order valence-corrected chi connectivity index (χ3v) is 4.41. The third kappa shape index (κ3) is 16.0. The normalized spacial score (nSPS) is 14.5. The average Bonchev–Trinajstić information content (AvgIpc) is 2.58. The van der Waals surface area contributed by atoms with Gasteiger partial charge in [0.05, 0.1) is 12.2 Å². The highest BCUT2D eigenvalue weighted by Crippen LogP contribution is 2.14. The van der Waals surface area contributed by atoms with Crippen LogP contribution >= 0.6 is 0 Å². The van der Waals surface area contributed by atoms with Gasteiger partial charge in [-0.25, -0.2) is 0 Å². The van der Waals surface area contributed by atoms with E-state index in [0.717, 1.165) is 44.9 Å². The van der Waals surface area contributed by atoms with Crippen molar-refractivity contribution in [2.75, 3.05) is 0 Å². The smallest absolute Gasteiger partial charge is 0.0799 e. The summed E-state index contributed by atoms with van der Waals surface area (Å²) in [6.45, 7) is 5.79. The summed E-state index contributed by atoms with van der Waals surface area (Å²) in [4.78, 5) is 0. The minimum atomic E-state index is -0.524. The fraction of sp³-hybridized carbons (Fsp3) is 0.727. The monoisotopic (exact) mass is 336 g/mol. The fourth-order valence-electron chi connectivity index (χ4n) is 2.81. The second-order valence-electron chi connectivity index (χ2n) is 6.73. The predicted molar refractivity (Wildman–Crippen MR) is 106 cm³/mol. The predicted octanol–water partition coefficient (Wildman–Crippen LogP) is 6.10. The van der Waals surface area contributed by atoms with E-state index in [4.69, 9.17) is 0 Å². The van der Waals surface area contributed by atoms with Crippen LogP contribution in [0.1, 0.15) is 90.4 Å². The number of aliphatic hydroxyl groups is 2. The molecular weight excluding hydrogens is 296 g/mol. The van der Waals surface area contributed by atoms with E-state index in [0.29, 0.717) is 0 Å². The average molecular weight is 337 g/mol. The maximum Gasteiger partial charge on any atom is 0.0799 e. The first kappa shape index (κ1) is 23.1. The van der Waals surface area contributed by atoms with Gasteiger partial charge in [0.2, 0.25) is 0 Å². The van der Waals surface area contributed by atoms with Crippen LogP contribution in [0.15, 0.2) is 37.0 Å². The van der Waals surface area contributed by atoms with E-state index in [1.807, 2.05) is 12.2 Å². The van der Waals surface area contributed by atoms with Crippen LogP contribution in [0.2, 0.25) is 0 Å². The summed E-state index contributed by atoms with van der Waals surface area (Å²) >= 11 is 0. The molecule has 0 aromatic heterocycles. The van der Waals surface area contributed by atoms with Gasteiger partial charge < -0.3 is 10.2 Å². The zero-order valence-electron chi connectivity index (χ0n) is 15.8. The van der Waals surface area contributed by atoms with Crippen molar-refractivity contribution in [3.05, 3.63) is 37.0 Å². The molecule has 0 amide bonds. The van der Waals surface area contributed by atoms with E-state index < -0.39 is 12.2 Å². The maximum absolute atomic E-state index is 9.93. The molecule has 0 saturated heterocycles. The first-order valence-electron chi connectivity index (χ1n) is 10.0. The third-order valence-electron chi connectivity index (χ3n) is 4.41. The molecule has 2 nitrogen and oxygen atoms in total. The molecule has 2 N–H and O–H groups in total. The minimum Gasteiger partial charge on any atom is -0.390 e. The number of unbranched alkanes of at least 4 members (excludes halogenated alkanes) is 9. The molecule has 0 rings (SSSR count). The molecule has 24 heavy (non-hydrogen) atoms. The lowest BCUT2D eigenvalue weighted by Crippen LogP contribution is -2.25. The van der Waals surface area contributed by atoms with Crippen LogP contribution in [0.25, 0.3) is 0 Å². The van der Waals surface area contributed by atoms with Gasteiger partial charge >= 0.3 is 0 Å². The van der Waals surface area contributed by atoms with Gasteiger partial charge in [-0.05, 0) is 25.7 Å². The Bertz CT molecular complexity index is 320. The summed E-state index contributed by atoms with van der Waals surface area (Å²) in [5, 5.41) is 19.8. The molecule has 2 atom stereocenters. The van der Waals surface area contributed by atoms with E-state index in [1.54, 1.807) is 6.08 Å². The van der Waals surface area contributed by atoms with E-state index in [2.05, 4.69) is 25.7 Å². The van der Waals surface area contributed by atoms with Crippen LogP contribution in [0.4, 0.5) is 0 Å². The van der Waals surface area contributed by atoms with Crippen LogP contribution in [-0.2, 0) is 0 Å². The van der Waals surface area contributed by atoms with Crippen LogP contribution < -0.4 is 0 Å². The molecule has 0 aromatic carbocycles. The van der Waals surface area contributed by atoms with E-state index >= 15 is 0 Å². The molecule has 0 radical (unpaired) electrons. The number of hydrogen-bond donors (Lipinski definition) is 2. The van der Waals surface area contributed by atoms with Crippen molar-refractivity contribution in [2.45, 2.75) is 103 Å². The van der Waals surface area contributed by atoms with Crippen molar-refractivity contribution < 1.29 is 10.2 Å². The highest BCUT2D eigenvalue weighted by Gasteiger charge is 2.14. The molecule has 0 saturated carbocycles. The first-order chi connectivity index (χ1) is 11.7. The number of rotatable bonds is 17. The summed E-state index contributed by atoms with van der Waals surface area (Å²) in [5.41, 5.74) is 0. The Hall–Kier alpha value is -0.860. The van der Waals surface area contributed by atoms with Crippen molar-refractivity contribution in [1.82, 2.24) is 0 Å². The van der Waals surface area contributed by atoms with Crippen LogP contribution in [-0.4, -0.2) is 22.4 Å². The Morgan fingerprint density at radius 3 is 1.83 bits per heavy atom. The van der Waals surface area contributed by atoms with Crippen LogP contribution in [0, 0.1) is 0 Å². The van der Waals surface area contributed by atoms with E-state index in [9.17, 15) is 10.2 Å². The van der Waals surface area contributed by atoms with Crippen molar-refractivity contribution in [1.29, 1.82) is 0 Å². The lowest BCUT2D eigenvalue weighted by Gasteiger charge is -2.17. The van der Waals surface area contributed by atoms with Crippen LogP contribution in [0.5, 0.6) is 0 Å². The fourth-order valence-corrected chi connectivity index (χ4v) is 2.81. The van der Waals surface area contributed by atoms with Gasteiger partial charge in [-0.15, -0.1) is 0 Å². The molecule has 140 valence electrons. The first-order valence-corrected chi connectivity index (χ1v) is 10.0. The van der Waals surface area contributed by atoms with Gasteiger partial charge in [0.1, 0.15) is 0 Å². The van der Waals surface area contributed by atoms with Crippen molar-refractivity contribution in [3.8, 4) is 0 Å². The largest absolute Gasteiger partial charge is 0.390 e. The van der Waals surface area contributed by atoms with Gasteiger partial charge in [0.15, 0.2) is 0 Å². The molecule has 0 heterocycles. The Kier molecular flexibility index (Phi) is 17.8. The zero-order chi connectivity index (χ0) is 17.9. The topological polar surface area (TPSA) is 40.5 Å². The molecule has 2 unspecified atom stereocenters. The van der Waals surface area contributed by atoms with Crippen molar-refractivity contribution in [3.63, 3.8) is 0 Å². The summed E-state index contributed by atoms with van der Waals surface area (Å²) in [6, 6.07) is 0. The Balaban J connectivity index is 3.33. The molecule has 0 aromatic rings. The van der Waals surface area contributed by atoms with Crippen LogP contribution in [0.3, 0.4) is 0 Å². The Morgan fingerprint density at radius 2 is 1.25 bits per heavy atom. The second kappa shape index (κ2) is 18.5. The van der Waals surface area contributed by atoms with Crippen molar-refractivity contribution >= 4 is 0 Å². The van der Waals surface area contributed by atoms with Gasteiger partial charge in [0, 0.05) is 0 Å². The van der Waals surface area contributed by atoms with Crippen molar-refractivity contribution in [2.24, 2.45) is 0 Å².